The predicted molar refractivity (Wildman–Crippen MR) is 76.9 cm³/mol. The first-order valence-electron chi connectivity index (χ1n) is 6.68. The molecular weight excluding hydrogens is 322 g/mol. The van der Waals surface area contributed by atoms with Crippen LogP contribution in [0.3, 0.4) is 0 Å². The standard InChI is InChI=1S/C13H16F2N2O2S.ClH/c14-9-1-4-13(12(15)7-9)20(18,19)17-6-5-10-2-3-11(8-17)16-10;/h1,4,7,10-11,16H,2-3,5-6,8H2;1H. The number of benzene rings is 1. The van der Waals surface area contributed by atoms with Crippen LogP contribution in [0.15, 0.2) is 23.1 Å². The number of halogens is 3. The molecule has 3 rings (SSSR count). The highest BCUT2D eigenvalue weighted by atomic mass is 35.5. The average molecular weight is 339 g/mol. The monoisotopic (exact) mass is 338 g/mol. The minimum Gasteiger partial charge on any atom is -0.310 e. The number of sulfonamides is 1. The van der Waals surface area contributed by atoms with Crippen LogP contribution in [0.5, 0.6) is 0 Å². The zero-order chi connectivity index (χ0) is 14.3. The van der Waals surface area contributed by atoms with E-state index >= 15 is 0 Å². The van der Waals surface area contributed by atoms with Gasteiger partial charge < -0.3 is 5.32 Å². The molecule has 0 saturated carbocycles. The summed E-state index contributed by atoms with van der Waals surface area (Å²) in [6.45, 7) is 0.711. The van der Waals surface area contributed by atoms with E-state index in [1.165, 1.54) is 4.31 Å². The molecule has 0 amide bonds. The minimum atomic E-state index is -3.90. The van der Waals surface area contributed by atoms with Crippen LogP contribution in [-0.4, -0.2) is 37.9 Å². The third-order valence-electron chi connectivity index (χ3n) is 4.00. The van der Waals surface area contributed by atoms with E-state index in [9.17, 15) is 17.2 Å². The van der Waals surface area contributed by atoms with Crippen molar-refractivity contribution < 1.29 is 17.2 Å². The summed E-state index contributed by atoms with van der Waals surface area (Å²) in [7, 11) is -3.90. The van der Waals surface area contributed by atoms with Crippen molar-refractivity contribution >= 4 is 22.4 Å². The van der Waals surface area contributed by atoms with Crippen LogP contribution in [-0.2, 0) is 10.0 Å². The smallest absolute Gasteiger partial charge is 0.246 e. The van der Waals surface area contributed by atoms with E-state index in [0.29, 0.717) is 25.2 Å². The second-order valence-electron chi connectivity index (χ2n) is 5.36. The molecule has 2 aliphatic heterocycles. The fourth-order valence-corrected chi connectivity index (χ4v) is 4.50. The van der Waals surface area contributed by atoms with Gasteiger partial charge in [0.2, 0.25) is 10.0 Å². The van der Waals surface area contributed by atoms with Gasteiger partial charge in [-0.05, 0) is 31.4 Å². The van der Waals surface area contributed by atoms with Crippen LogP contribution in [0.1, 0.15) is 19.3 Å². The summed E-state index contributed by atoms with van der Waals surface area (Å²) in [5.74, 6) is -1.81. The van der Waals surface area contributed by atoms with E-state index < -0.39 is 26.6 Å². The molecule has 8 heteroatoms. The molecule has 0 aliphatic carbocycles. The van der Waals surface area contributed by atoms with Crippen molar-refractivity contribution in [3.8, 4) is 0 Å². The van der Waals surface area contributed by atoms with Crippen LogP contribution in [0.2, 0.25) is 0 Å². The molecule has 2 fully saturated rings. The maximum Gasteiger partial charge on any atom is 0.246 e. The molecule has 2 atom stereocenters. The SMILES string of the molecule is Cl.O=S(=O)(c1ccc(F)cc1F)N1CCC2CCC(C1)N2. The highest BCUT2D eigenvalue weighted by molar-refractivity contribution is 7.89. The summed E-state index contributed by atoms with van der Waals surface area (Å²) < 4.78 is 52.9. The Kier molecular flexibility index (Phi) is 4.87. The number of rotatable bonds is 2. The van der Waals surface area contributed by atoms with Crippen molar-refractivity contribution in [1.82, 2.24) is 9.62 Å². The van der Waals surface area contributed by atoms with Gasteiger partial charge in [0, 0.05) is 31.2 Å². The number of nitrogens with zero attached hydrogens (tertiary/aromatic N) is 1. The first-order chi connectivity index (χ1) is 9.46. The molecule has 1 N–H and O–H groups in total. The van der Waals surface area contributed by atoms with E-state index in [4.69, 9.17) is 0 Å². The lowest BCUT2D eigenvalue weighted by Crippen LogP contribution is -2.39. The van der Waals surface area contributed by atoms with Crippen LogP contribution >= 0.6 is 12.4 Å². The summed E-state index contributed by atoms with van der Waals surface area (Å²) in [4.78, 5) is -0.448. The highest BCUT2D eigenvalue weighted by Gasteiger charge is 2.35. The van der Waals surface area contributed by atoms with E-state index in [2.05, 4.69) is 5.32 Å². The highest BCUT2D eigenvalue weighted by Crippen LogP contribution is 2.26. The van der Waals surface area contributed by atoms with E-state index in [-0.39, 0.29) is 18.4 Å². The number of fused-ring (bicyclic) bond motifs is 2. The Balaban J connectivity index is 0.00000161. The molecule has 1 aromatic carbocycles. The summed E-state index contributed by atoms with van der Waals surface area (Å²) in [5.41, 5.74) is 0. The molecule has 2 aliphatic rings. The Morgan fingerprint density at radius 1 is 1.14 bits per heavy atom. The first-order valence-corrected chi connectivity index (χ1v) is 8.12. The maximum absolute atomic E-state index is 13.7. The molecule has 2 unspecified atom stereocenters. The number of nitrogens with one attached hydrogen (secondary N) is 1. The second kappa shape index (κ2) is 6.16. The van der Waals surface area contributed by atoms with Gasteiger partial charge in [-0.1, -0.05) is 0 Å². The largest absolute Gasteiger partial charge is 0.310 e. The Bertz CT molecular complexity index is 627. The normalized spacial score (nSPS) is 26.2. The second-order valence-corrected chi connectivity index (χ2v) is 7.27. The molecule has 2 bridgehead atoms. The molecule has 2 heterocycles. The topological polar surface area (TPSA) is 49.4 Å². The molecule has 2 saturated heterocycles. The molecule has 0 radical (unpaired) electrons. The fraction of sp³-hybridized carbons (Fsp3) is 0.538. The van der Waals surface area contributed by atoms with Crippen molar-refractivity contribution in [1.29, 1.82) is 0 Å². The Labute approximate surface area is 129 Å². The van der Waals surface area contributed by atoms with E-state index in [1.54, 1.807) is 0 Å². The van der Waals surface area contributed by atoms with Gasteiger partial charge in [-0.2, -0.15) is 4.31 Å². The average Bonchev–Trinajstić information content (AvgIpc) is 2.67. The van der Waals surface area contributed by atoms with Gasteiger partial charge in [-0.15, -0.1) is 12.4 Å². The zero-order valence-corrected chi connectivity index (χ0v) is 12.9. The summed E-state index contributed by atoms with van der Waals surface area (Å²) in [5, 5.41) is 3.37. The Morgan fingerprint density at radius 2 is 1.86 bits per heavy atom. The molecule has 118 valence electrons. The van der Waals surface area contributed by atoms with Crippen molar-refractivity contribution in [2.75, 3.05) is 13.1 Å². The van der Waals surface area contributed by atoms with Crippen LogP contribution < -0.4 is 5.32 Å². The van der Waals surface area contributed by atoms with Gasteiger partial charge >= 0.3 is 0 Å². The molecule has 4 nitrogen and oxygen atoms in total. The summed E-state index contributed by atoms with van der Waals surface area (Å²) >= 11 is 0. The maximum atomic E-state index is 13.7. The van der Waals surface area contributed by atoms with Gasteiger partial charge in [0.15, 0.2) is 0 Å². The van der Waals surface area contributed by atoms with Crippen molar-refractivity contribution in [2.24, 2.45) is 0 Å². The summed E-state index contributed by atoms with van der Waals surface area (Å²) in [6, 6.07) is 3.04. The molecular formula is C13H17ClF2N2O2S. The third kappa shape index (κ3) is 3.21. The molecule has 21 heavy (non-hydrogen) atoms. The quantitative estimate of drug-likeness (QED) is 0.896. The summed E-state index contributed by atoms with van der Waals surface area (Å²) in [6.07, 6.45) is 2.71. The lowest BCUT2D eigenvalue weighted by molar-refractivity contribution is 0.380. The van der Waals surface area contributed by atoms with Gasteiger partial charge in [0.1, 0.15) is 16.5 Å². The minimum absolute atomic E-state index is 0. The number of hydrogen-bond donors (Lipinski definition) is 1. The van der Waals surface area contributed by atoms with Gasteiger partial charge in [0.05, 0.1) is 0 Å². The lowest BCUT2D eigenvalue weighted by atomic mass is 10.1. The van der Waals surface area contributed by atoms with Crippen LogP contribution in [0, 0.1) is 11.6 Å². The van der Waals surface area contributed by atoms with E-state index in [0.717, 1.165) is 31.4 Å². The Morgan fingerprint density at radius 3 is 2.57 bits per heavy atom. The van der Waals surface area contributed by atoms with Crippen LogP contribution in [0.4, 0.5) is 8.78 Å². The fourth-order valence-electron chi connectivity index (χ4n) is 2.95. The van der Waals surface area contributed by atoms with Gasteiger partial charge in [-0.25, -0.2) is 17.2 Å². The van der Waals surface area contributed by atoms with Crippen molar-refractivity contribution in [3.63, 3.8) is 0 Å². The first kappa shape index (κ1) is 16.6. The Hall–Kier alpha value is -0.760. The zero-order valence-electron chi connectivity index (χ0n) is 11.3. The lowest BCUT2D eigenvalue weighted by Gasteiger charge is -2.23. The van der Waals surface area contributed by atoms with Crippen molar-refractivity contribution in [2.45, 2.75) is 36.2 Å². The molecule has 1 aromatic rings. The van der Waals surface area contributed by atoms with Gasteiger partial charge in [0.25, 0.3) is 0 Å². The predicted octanol–water partition coefficient (Wildman–Crippen LogP) is 1.90. The van der Waals surface area contributed by atoms with Crippen LogP contribution in [0.25, 0.3) is 0 Å². The van der Waals surface area contributed by atoms with Crippen molar-refractivity contribution in [3.05, 3.63) is 29.8 Å². The number of hydrogen-bond acceptors (Lipinski definition) is 3. The van der Waals surface area contributed by atoms with E-state index in [1.807, 2.05) is 0 Å². The third-order valence-corrected chi connectivity index (χ3v) is 5.90. The van der Waals surface area contributed by atoms with Gasteiger partial charge in [-0.3, -0.25) is 0 Å². The molecule has 0 spiro atoms. The molecule has 0 aromatic heterocycles.